The molecule has 2 nitrogen and oxygen atoms in total. The zero-order chi connectivity index (χ0) is 16.1. The third kappa shape index (κ3) is 3.23. The van der Waals surface area contributed by atoms with E-state index in [-0.39, 0.29) is 11.2 Å². The summed E-state index contributed by atoms with van der Waals surface area (Å²) in [4.78, 5) is 0. The van der Waals surface area contributed by atoms with Gasteiger partial charge in [-0.1, -0.05) is 32.6 Å². The lowest BCUT2D eigenvalue weighted by Crippen LogP contribution is -2.35. The molecule has 2 heteroatoms. The minimum Gasteiger partial charge on any atom is -0.366 e. The number of hydrogen-bond donors (Lipinski definition) is 0. The first-order chi connectivity index (χ1) is 11.0. The topological polar surface area (TPSA) is 25.1 Å². The van der Waals surface area contributed by atoms with Crippen LogP contribution in [0.25, 0.3) is 0 Å². The standard InChI is InChI=1S/C21H36O2/c1-4-5-6-7-8-17(15-9-11-18-20(2,13-15)22-18)16-10-12-19-21(3,14-16)23-19/h15-19H,4-14H2,1-3H3. The van der Waals surface area contributed by atoms with Crippen LogP contribution in [0.4, 0.5) is 0 Å². The molecule has 23 heavy (non-hydrogen) atoms. The van der Waals surface area contributed by atoms with Gasteiger partial charge in [-0.05, 0) is 76.5 Å². The predicted molar refractivity (Wildman–Crippen MR) is 93.5 cm³/mol. The van der Waals surface area contributed by atoms with Gasteiger partial charge in [-0.3, -0.25) is 0 Å². The minimum absolute atomic E-state index is 0.252. The van der Waals surface area contributed by atoms with E-state index >= 15 is 0 Å². The Morgan fingerprint density at radius 1 is 0.826 bits per heavy atom. The number of rotatable bonds is 7. The molecule has 2 heterocycles. The van der Waals surface area contributed by atoms with E-state index in [4.69, 9.17) is 9.47 Å². The molecule has 0 aromatic carbocycles. The predicted octanol–water partition coefficient (Wildman–Crippen LogP) is 5.49. The second kappa shape index (κ2) is 6.02. The Morgan fingerprint density at radius 2 is 1.39 bits per heavy atom. The molecule has 0 radical (unpaired) electrons. The quantitative estimate of drug-likeness (QED) is 0.458. The van der Waals surface area contributed by atoms with E-state index in [1.165, 1.54) is 70.6 Å². The Bertz CT molecular complexity index is 402. The first-order valence-electron chi connectivity index (χ1n) is 10.4. The van der Waals surface area contributed by atoms with E-state index in [0.29, 0.717) is 12.2 Å². The number of epoxide rings is 2. The van der Waals surface area contributed by atoms with Gasteiger partial charge in [0.15, 0.2) is 0 Å². The fourth-order valence-electron chi connectivity index (χ4n) is 6.04. The molecule has 0 amide bonds. The summed E-state index contributed by atoms with van der Waals surface area (Å²) in [5, 5.41) is 0. The van der Waals surface area contributed by atoms with Crippen LogP contribution in [0.5, 0.6) is 0 Å². The molecule has 0 N–H and O–H groups in total. The van der Waals surface area contributed by atoms with Gasteiger partial charge in [0.05, 0.1) is 23.4 Å². The van der Waals surface area contributed by atoms with Crippen molar-refractivity contribution in [2.24, 2.45) is 17.8 Å². The Morgan fingerprint density at radius 3 is 1.87 bits per heavy atom. The second-order valence-electron chi connectivity index (χ2n) is 9.43. The van der Waals surface area contributed by atoms with Crippen molar-refractivity contribution in [3.63, 3.8) is 0 Å². The molecule has 2 saturated heterocycles. The zero-order valence-corrected chi connectivity index (χ0v) is 15.5. The fourth-order valence-corrected chi connectivity index (χ4v) is 6.04. The lowest BCUT2D eigenvalue weighted by molar-refractivity contribution is 0.115. The SMILES string of the molecule is CCCCCCC(C1CCC2OC2(C)C1)C1CCC2OC2(C)C1. The van der Waals surface area contributed by atoms with Crippen LogP contribution in [-0.4, -0.2) is 23.4 Å². The average molecular weight is 321 g/mol. The maximum absolute atomic E-state index is 6.00. The largest absolute Gasteiger partial charge is 0.366 e. The van der Waals surface area contributed by atoms with Gasteiger partial charge in [-0.25, -0.2) is 0 Å². The molecule has 132 valence electrons. The molecular formula is C21H36O2. The van der Waals surface area contributed by atoms with Crippen LogP contribution in [0.3, 0.4) is 0 Å². The van der Waals surface area contributed by atoms with Crippen molar-refractivity contribution in [2.75, 3.05) is 0 Å². The third-order valence-electron chi connectivity index (χ3n) is 7.61. The van der Waals surface area contributed by atoms with Crippen LogP contribution in [0.1, 0.15) is 91.4 Å². The van der Waals surface area contributed by atoms with Gasteiger partial charge in [0.25, 0.3) is 0 Å². The van der Waals surface area contributed by atoms with Gasteiger partial charge in [0.2, 0.25) is 0 Å². The van der Waals surface area contributed by atoms with E-state index in [2.05, 4.69) is 20.8 Å². The molecule has 0 aromatic rings. The molecule has 4 fully saturated rings. The summed E-state index contributed by atoms with van der Waals surface area (Å²) >= 11 is 0. The molecule has 0 aromatic heterocycles. The average Bonchev–Trinajstić information content (AvgIpc) is 3.38. The van der Waals surface area contributed by atoms with Crippen LogP contribution in [0, 0.1) is 17.8 Å². The van der Waals surface area contributed by atoms with Crippen molar-refractivity contribution in [1.82, 2.24) is 0 Å². The number of ether oxygens (including phenoxy) is 2. The Balaban J connectivity index is 1.40. The molecule has 0 bridgehead atoms. The number of unbranched alkanes of at least 4 members (excludes halogenated alkanes) is 3. The van der Waals surface area contributed by atoms with Gasteiger partial charge in [0.1, 0.15) is 0 Å². The highest BCUT2D eigenvalue weighted by Gasteiger charge is 2.59. The van der Waals surface area contributed by atoms with Crippen LogP contribution >= 0.6 is 0 Å². The molecule has 2 aliphatic carbocycles. The summed E-state index contributed by atoms with van der Waals surface area (Å²) in [7, 11) is 0. The van der Waals surface area contributed by atoms with E-state index in [0.717, 1.165) is 17.8 Å². The molecule has 6 atom stereocenters. The summed E-state index contributed by atoms with van der Waals surface area (Å²) in [5.41, 5.74) is 0.504. The summed E-state index contributed by atoms with van der Waals surface area (Å²) in [5.74, 6) is 2.74. The van der Waals surface area contributed by atoms with Crippen molar-refractivity contribution in [1.29, 1.82) is 0 Å². The van der Waals surface area contributed by atoms with Crippen LogP contribution in [-0.2, 0) is 9.47 Å². The first kappa shape index (κ1) is 16.4. The Labute approximate surface area is 142 Å². The zero-order valence-electron chi connectivity index (χ0n) is 15.5. The second-order valence-corrected chi connectivity index (χ2v) is 9.43. The number of hydrogen-bond acceptors (Lipinski definition) is 2. The van der Waals surface area contributed by atoms with Crippen LogP contribution < -0.4 is 0 Å². The summed E-state index contributed by atoms with van der Waals surface area (Å²) in [6, 6.07) is 0. The summed E-state index contributed by atoms with van der Waals surface area (Å²) < 4.78 is 12.0. The van der Waals surface area contributed by atoms with Crippen molar-refractivity contribution in [2.45, 2.75) is 115 Å². The highest BCUT2D eigenvalue weighted by Crippen LogP contribution is 2.57. The highest BCUT2D eigenvalue weighted by atomic mass is 16.6. The molecule has 4 rings (SSSR count). The normalized spacial score (nSPS) is 49.2. The fraction of sp³-hybridized carbons (Fsp3) is 1.00. The van der Waals surface area contributed by atoms with Crippen molar-refractivity contribution < 1.29 is 9.47 Å². The summed E-state index contributed by atoms with van der Waals surface area (Å²) in [6.45, 7) is 7.04. The maximum atomic E-state index is 6.00. The van der Waals surface area contributed by atoms with Crippen molar-refractivity contribution >= 4 is 0 Å². The lowest BCUT2D eigenvalue weighted by atomic mass is 9.65. The molecule has 2 aliphatic heterocycles. The Hall–Kier alpha value is -0.0800. The Kier molecular flexibility index (Phi) is 4.29. The first-order valence-corrected chi connectivity index (χ1v) is 10.4. The minimum atomic E-state index is 0.252. The van der Waals surface area contributed by atoms with Gasteiger partial charge in [-0.15, -0.1) is 0 Å². The van der Waals surface area contributed by atoms with E-state index in [1.54, 1.807) is 0 Å². The molecule has 4 aliphatic rings. The van der Waals surface area contributed by atoms with E-state index in [9.17, 15) is 0 Å². The van der Waals surface area contributed by atoms with Crippen molar-refractivity contribution in [3.8, 4) is 0 Å². The maximum Gasteiger partial charge on any atom is 0.0923 e. The van der Waals surface area contributed by atoms with E-state index in [1.807, 2.05) is 0 Å². The molecule has 2 saturated carbocycles. The van der Waals surface area contributed by atoms with Gasteiger partial charge >= 0.3 is 0 Å². The summed E-state index contributed by atoms with van der Waals surface area (Å²) in [6.07, 6.45) is 16.4. The van der Waals surface area contributed by atoms with Crippen molar-refractivity contribution in [3.05, 3.63) is 0 Å². The smallest absolute Gasteiger partial charge is 0.0923 e. The van der Waals surface area contributed by atoms with Gasteiger partial charge < -0.3 is 9.47 Å². The van der Waals surface area contributed by atoms with Gasteiger partial charge in [0, 0.05) is 0 Å². The van der Waals surface area contributed by atoms with Crippen LogP contribution in [0.2, 0.25) is 0 Å². The highest BCUT2D eigenvalue weighted by molar-refractivity contribution is 5.08. The van der Waals surface area contributed by atoms with Gasteiger partial charge in [-0.2, -0.15) is 0 Å². The third-order valence-corrected chi connectivity index (χ3v) is 7.61. The molecular weight excluding hydrogens is 284 g/mol. The monoisotopic (exact) mass is 320 g/mol. The molecule has 6 unspecified atom stereocenters. The van der Waals surface area contributed by atoms with Crippen LogP contribution in [0.15, 0.2) is 0 Å². The number of fused-ring (bicyclic) bond motifs is 2. The molecule has 0 spiro atoms. The van der Waals surface area contributed by atoms with E-state index < -0.39 is 0 Å². The lowest BCUT2D eigenvalue weighted by Gasteiger charge is -2.39.